The normalized spacial score (nSPS) is 9.92. The van der Waals surface area contributed by atoms with E-state index in [9.17, 15) is 0 Å². The fourth-order valence-electron chi connectivity index (χ4n) is 0.715. The van der Waals surface area contributed by atoms with Crippen LogP contribution < -0.4 is 10.5 Å². The van der Waals surface area contributed by atoms with Crippen molar-refractivity contribution in [2.45, 2.75) is 6.10 Å². The number of hydrogen-bond donors (Lipinski definition) is 6. The van der Waals surface area contributed by atoms with E-state index in [1.807, 2.05) is 5.32 Å². The molecule has 0 bridgehead atoms. The molecule has 74 valence electrons. The SMILES string of the molecule is NS.OC(O)(O)Nc1ccccc1. The number of hydrogen-bond acceptors (Lipinski definition) is 6. The Hall–Kier alpha value is -0.790. The van der Waals surface area contributed by atoms with Gasteiger partial charge in [-0.2, -0.15) is 0 Å². The van der Waals surface area contributed by atoms with E-state index >= 15 is 0 Å². The molecule has 0 heterocycles. The molecule has 0 saturated carbocycles. The predicted octanol–water partition coefficient (Wildman–Crippen LogP) is -0.523. The molecule has 0 radical (unpaired) electrons. The van der Waals surface area contributed by atoms with Crippen LogP contribution in [0.5, 0.6) is 0 Å². The van der Waals surface area contributed by atoms with Crippen LogP contribution in [0.4, 0.5) is 5.69 Å². The Balaban J connectivity index is 0.000000671. The molecule has 6 N–H and O–H groups in total. The minimum atomic E-state index is -2.85. The van der Waals surface area contributed by atoms with E-state index in [1.165, 1.54) is 0 Å². The first kappa shape index (κ1) is 12.2. The summed E-state index contributed by atoms with van der Waals surface area (Å²) < 4.78 is 0. The molecule has 0 aliphatic carbocycles. The van der Waals surface area contributed by atoms with Gasteiger partial charge in [0.15, 0.2) is 0 Å². The number of nitrogens with two attached hydrogens (primary N) is 1. The standard InChI is InChI=1S/C7H9NO3.H3NS/c9-7(10,11)8-6-4-2-1-3-5-6;1-2/h1-5,8-11H;2H,1H2. The van der Waals surface area contributed by atoms with E-state index in [2.05, 4.69) is 18.0 Å². The van der Waals surface area contributed by atoms with Crippen LogP contribution in [0.1, 0.15) is 0 Å². The smallest absolute Gasteiger partial charge is 0.325 e. The van der Waals surface area contributed by atoms with Crippen LogP contribution >= 0.6 is 12.8 Å². The number of rotatable bonds is 2. The van der Waals surface area contributed by atoms with Crippen molar-refractivity contribution in [1.82, 2.24) is 0 Å². The van der Waals surface area contributed by atoms with Crippen molar-refractivity contribution < 1.29 is 15.3 Å². The van der Waals surface area contributed by atoms with E-state index in [4.69, 9.17) is 15.3 Å². The van der Waals surface area contributed by atoms with Gasteiger partial charge < -0.3 is 20.6 Å². The van der Waals surface area contributed by atoms with Crippen LogP contribution in [0.25, 0.3) is 0 Å². The number of thiol groups is 1. The topological polar surface area (TPSA) is 98.7 Å². The number of benzene rings is 1. The summed E-state index contributed by atoms with van der Waals surface area (Å²) in [5, 5.41) is 31.7. The van der Waals surface area contributed by atoms with Gasteiger partial charge in [0.2, 0.25) is 0 Å². The zero-order chi connectivity index (χ0) is 10.3. The summed E-state index contributed by atoms with van der Waals surface area (Å²) in [6.07, 6.45) is -2.85. The zero-order valence-corrected chi connectivity index (χ0v) is 7.65. The summed E-state index contributed by atoms with van der Waals surface area (Å²) >= 11 is 3.03. The van der Waals surface area contributed by atoms with Crippen molar-refractivity contribution in [3.8, 4) is 0 Å². The van der Waals surface area contributed by atoms with Gasteiger partial charge in [-0.3, -0.25) is 5.14 Å². The number of anilines is 1. The van der Waals surface area contributed by atoms with E-state index < -0.39 is 6.10 Å². The fraction of sp³-hybridized carbons (Fsp3) is 0.143. The molecule has 0 aliphatic heterocycles. The van der Waals surface area contributed by atoms with Crippen LogP contribution in [-0.4, -0.2) is 21.4 Å². The highest BCUT2D eigenvalue weighted by molar-refractivity contribution is 7.77. The molecule has 6 heteroatoms. The molecule has 0 saturated heterocycles. The quantitative estimate of drug-likeness (QED) is 0.287. The van der Waals surface area contributed by atoms with Gasteiger partial charge in [-0.05, 0) is 12.1 Å². The summed E-state index contributed by atoms with van der Waals surface area (Å²) in [6, 6.07) is 8.37. The van der Waals surface area contributed by atoms with Crippen molar-refractivity contribution in [3.05, 3.63) is 30.3 Å². The van der Waals surface area contributed by atoms with Crippen molar-refractivity contribution in [3.63, 3.8) is 0 Å². The van der Waals surface area contributed by atoms with E-state index in [0.29, 0.717) is 5.69 Å². The summed E-state index contributed by atoms with van der Waals surface area (Å²) in [6.45, 7) is 0. The Kier molecular flexibility index (Phi) is 5.44. The van der Waals surface area contributed by atoms with Gasteiger partial charge in [0.25, 0.3) is 0 Å². The van der Waals surface area contributed by atoms with Gasteiger partial charge in [-0.1, -0.05) is 18.2 Å². The Morgan fingerprint density at radius 3 is 1.92 bits per heavy atom. The highest BCUT2D eigenvalue weighted by atomic mass is 32.1. The molecular formula is C7H12N2O3S. The molecule has 0 atom stereocenters. The van der Waals surface area contributed by atoms with E-state index in [1.54, 1.807) is 30.3 Å². The number of aliphatic hydroxyl groups is 3. The summed E-state index contributed by atoms with van der Waals surface area (Å²) in [7, 11) is 0. The molecule has 0 aliphatic rings. The van der Waals surface area contributed by atoms with Crippen molar-refractivity contribution in [1.29, 1.82) is 0 Å². The van der Waals surface area contributed by atoms with Crippen molar-refractivity contribution in [2.75, 3.05) is 5.32 Å². The summed E-state index contributed by atoms with van der Waals surface area (Å²) in [5.74, 6) is 0. The zero-order valence-electron chi connectivity index (χ0n) is 6.75. The van der Waals surface area contributed by atoms with Gasteiger partial charge >= 0.3 is 6.10 Å². The lowest BCUT2D eigenvalue weighted by Crippen LogP contribution is -2.36. The molecule has 0 spiro atoms. The van der Waals surface area contributed by atoms with E-state index in [0.717, 1.165) is 0 Å². The maximum absolute atomic E-state index is 8.47. The third-order valence-electron chi connectivity index (χ3n) is 1.09. The predicted molar refractivity (Wildman–Crippen MR) is 52.6 cm³/mol. The van der Waals surface area contributed by atoms with Crippen LogP contribution in [0.15, 0.2) is 30.3 Å². The highest BCUT2D eigenvalue weighted by Crippen LogP contribution is 2.08. The fourth-order valence-corrected chi connectivity index (χ4v) is 0.715. The average Bonchev–Trinajstić information content (AvgIpc) is 2.07. The molecular weight excluding hydrogens is 192 g/mol. The number of nitrogens with one attached hydrogen (secondary N) is 1. The summed E-state index contributed by atoms with van der Waals surface area (Å²) in [4.78, 5) is 0. The average molecular weight is 204 g/mol. The van der Waals surface area contributed by atoms with Crippen LogP contribution in [-0.2, 0) is 0 Å². The molecule has 13 heavy (non-hydrogen) atoms. The highest BCUT2D eigenvalue weighted by Gasteiger charge is 2.16. The molecule has 0 unspecified atom stereocenters. The second kappa shape index (κ2) is 5.79. The minimum Gasteiger partial charge on any atom is -0.325 e. The molecule has 0 amide bonds. The van der Waals surface area contributed by atoms with Gasteiger partial charge in [-0.25, -0.2) is 0 Å². The Bertz CT molecular complexity index is 225. The first-order valence-corrected chi connectivity index (χ1v) is 3.86. The van der Waals surface area contributed by atoms with Gasteiger partial charge in [0, 0.05) is 5.69 Å². The van der Waals surface area contributed by atoms with Crippen LogP contribution in [0, 0.1) is 0 Å². The Morgan fingerprint density at radius 1 is 1.08 bits per heavy atom. The first-order chi connectivity index (χ1) is 6.08. The number of para-hydroxylation sites is 1. The van der Waals surface area contributed by atoms with Gasteiger partial charge in [-0.15, -0.1) is 12.8 Å². The Labute approximate surface area is 81.4 Å². The summed E-state index contributed by atoms with van der Waals surface area (Å²) in [5.41, 5.74) is 0.431. The maximum atomic E-state index is 8.47. The molecule has 1 aromatic rings. The van der Waals surface area contributed by atoms with Crippen molar-refractivity contribution >= 4 is 18.5 Å². The minimum absolute atomic E-state index is 0.431. The molecule has 0 aromatic heterocycles. The second-order valence-corrected chi connectivity index (χ2v) is 2.13. The second-order valence-electron chi connectivity index (χ2n) is 2.13. The molecule has 1 rings (SSSR count). The molecule has 0 fully saturated rings. The molecule has 1 aromatic carbocycles. The lowest BCUT2D eigenvalue weighted by atomic mass is 10.3. The maximum Gasteiger partial charge on any atom is 0.367 e. The van der Waals surface area contributed by atoms with Crippen molar-refractivity contribution in [2.24, 2.45) is 5.14 Å². The third kappa shape index (κ3) is 6.38. The molecule has 5 nitrogen and oxygen atoms in total. The lowest BCUT2D eigenvalue weighted by Gasteiger charge is -2.16. The van der Waals surface area contributed by atoms with Crippen LogP contribution in [0.2, 0.25) is 0 Å². The Morgan fingerprint density at radius 2 is 1.54 bits per heavy atom. The third-order valence-corrected chi connectivity index (χ3v) is 1.09. The largest absolute Gasteiger partial charge is 0.367 e. The monoisotopic (exact) mass is 204 g/mol. The van der Waals surface area contributed by atoms with E-state index in [-0.39, 0.29) is 0 Å². The first-order valence-electron chi connectivity index (χ1n) is 3.34. The van der Waals surface area contributed by atoms with Crippen LogP contribution in [0.3, 0.4) is 0 Å². The lowest BCUT2D eigenvalue weighted by molar-refractivity contribution is -0.289. The van der Waals surface area contributed by atoms with Gasteiger partial charge in [0.05, 0.1) is 0 Å². The van der Waals surface area contributed by atoms with Gasteiger partial charge in [0.1, 0.15) is 0 Å².